The first-order valence-corrected chi connectivity index (χ1v) is 8.45. The van der Waals surface area contributed by atoms with Crippen molar-refractivity contribution in [1.82, 2.24) is 15.0 Å². The Kier molecular flexibility index (Phi) is 5.26. The summed E-state index contributed by atoms with van der Waals surface area (Å²) in [6.07, 6.45) is 4.75. The molecule has 1 heterocycles. The van der Waals surface area contributed by atoms with Gasteiger partial charge in [0.25, 0.3) is 0 Å². The van der Waals surface area contributed by atoms with Gasteiger partial charge < -0.3 is 4.74 Å². The molecule has 3 aromatic rings. The maximum Gasteiger partial charge on any atom is 0.122 e. The summed E-state index contributed by atoms with van der Waals surface area (Å²) in [6, 6.07) is 16.4. The molecule has 0 fully saturated rings. The predicted octanol–water partition coefficient (Wildman–Crippen LogP) is 4.15. The van der Waals surface area contributed by atoms with Crippen molar-refractivity contribution in [3.8, 4) is 11.4 Å². The quantitative estimate of drug-likeness (QED) is 0.656. The number of ether oxygens (including phenoxy) is 1. The Hall–Kier alpha value is -2.62. The molecule has 0 aliphatic rings. The first-order chi connectivity index (χ1) is 11.8. The predicted molar refractivity (Wildman–Crippen MR) is 95.7 cm³/mol. The van der Waals surface area contributed by atoms with E-state index in [-0.39, 0.29) is 0 Å². The van der Waals surface area contributed by atoms with Gasteiger partial charge in [-0.05, 0) is 49.9 Å². The van der Waals surface area contributed by atoms with Gasteiger partial charge in [0.05, 0.1) is 24.2 Å². The van der Waals surface area contributed by atoms with Crippen molar-refractivity contribution >= 4 is 0 Å². The molecule has 1 aromatic heterocycles. The second kappa shape index (κ2) is 7.77. The van der Waals surface area contributed by atoms with Crippen LogP contribution >= 0.6 is 0 Å². The molecule has 0 radical (unpaired) electrons. The van der Waals surface area contributed by atoms with Crippen molar-refractivity contribution in [2.75, 3.05) is 6.61 Å². The molecule has 24 heavy (non-hydrogen) atoms. The van der Waals surface area contributed by atoms with E-state index < -0.39 is 0 Å². The van der Waals surface area contributed by atoms with Crippen LogP contribution in [0.25, 0.3) is 5.69 Å². The Morgan fingerprint density at radius 2 is 1.88 bits per heavy atom. The minimum absolute atomic E-state index is 0.750. The standard InChI is InChI=1S/C20H23N3O/c1-3-13-24-20-12-9-16(2)14-17(20)10-11-18-15-23(22-21-18)19-7-5-4-6-8-19/h4-9,12,14-15H,3,10-11,13H2,1-2H3. The Morgan fingerprint density at radius 1 is 1.04 bits per heavy atom. The lowest BCUT2D eigenvalue weighted by Crippen LogP contribution is -2.01. The maximum atomic E-state index is 5.86. The number of nitrogens with zero attached hydrogens (tertiary/aromatic N) is 3. The summed E-state index contributed by atoms with van der Waals surface area (Å²) in [6.45, 7) is 4.98. The van der Waals surface area contributed by atoms with Gasteiger partial charge >= 0.3 is 0 Å². The average Bonchev–Trinajstić information content (AvgIpc) is 3.09. The van der Waals surface area contributed by atoms with Gasteiger partial charge in [-0.2, -0.15) is 0 Å². The molecule has 0 aliphatic heterocycles. The molecule has 0 aliphatic carbocycles. The van der Waals surface area contributed by atoms with Crippen molar-refractivity contribution in [3.05, 3.63) is 71.5 Å². The summed E-state index contributed by atoms with van der Waals surface area (Å²) in [4.78, 5) is 0. The molecule has 124 valence electrons. The Labute approximate surface area is 143 Å². The van der Waals surface area contributed by atoms with Gasteiger partial charge in [-0.1, -0.05) is 48.0 Å². The molecule has 0 N–H and O–H groups in total. The van der Waals surface area contributed by atoms with E-state index in [0.717, 1.165) is 43.0 Å². The topological polar surface area (TPSA) is 39.9 Å². The average molecular weight is 321 g/mol. The SMILES string of the molecule is CCCOc1ccc(C)cc1CCc1cn(-c2ccccc2)nn1. The molecule has 0 spiro atoms. The minimum atomic E-state index is 0.750. The lowest BCUT2D eigenvalue weighted by molar-refractivity contribution is 0.314. The molecule has 2 aromatic carbocycles. The molecular formula is C20H23N3O. The van der Waals surface area contributed by atoms with Crippen LogP contribution < -0.4 is 4.74 Å². The third kappa shape index (κ3) is 4.02. The zero-order chi connectivity index (χ0) is 16.8. The zero-order valence-corrected chi connectivity index (χ0v) is 14.3. The molecule has 0 amide bonds. The third-order valence-corrected chi connectivity index (χ3v) is 3.89. The van der Waals surface area contributed by atoms with E-state index in [1.807, 2.05) is 41.2 Å². The largest absolute Gasteiger partial charge is 0.493 e. The van der Waals surface area contributed by atoms with Gasteiger partial charge in [0, 0.05) is 0 Å². The minimum Gasteiger partial charge on any atom is -0.493 e. The van der Waals surface area contributed by atoms with Crippen LogP contribution in [0.15, 0.2) is 54.7 Å². The number of aromatic nitrogens is 3. The number of hydrogen-bond donors (Lipinski definition) is 0. The van der Waals surface area contributed by atoms with Gasteiger partial charge in [0.15, 0.2) is 0 Å². The first kappa shape index (κ1) is 16.2. The number of aryl methyl sites for hydroxylation is 3. The highest BCUT2D eigenvalue weighted by molar-refractivity contribution is 5.37. The number of benzene rings is 2. The molecule has 0 saturated carbocycles. The van der Waals surface area contributed by atoms with E-state index in [1.54, 1.807) is 0 Å². The van der Waals surface area contributed by atoms with Crippen LogP contribution in [-0.2, 0) is 12.8 Å². The fraction of sp³-hybridized carbons (Fsp3) is 0.300. The van der Waals surface area contributed by atoms with Crippen molar-refractivity contribution in [1.29, 1.82) is 0 Å². The molecular weight excluding hydrogens is 298 g/mol. The maximum absolute atomic E-state index is 5.86. The van der Waals surface area contributed by atoms with Gasteiger partial charge in [0.1, 0.15) is 5.75 Å². The lowest BCUT2D eigenvalue weighted by atomic mass is 10.0. The van der Waals surface area contributed by atoms with Gasteiger partial charge in [-0.3, -0.25) is 0 Å². The second-order valence-electron chi connectivity index (χ2n) is 5.95. The molecule has 3 rings (SSSR count). The number of para-hydroxylation sites is 1. The van der Waals surface area contributed by atoms with Crippen LogP contribution in [0.2, 0.25) is 0 Å². The van der Waals surface area contributed by atoms with E-state index >= 15 is 0 Å². The molecule has 0 bridgehead atoms. The van der Waals surface area contributed by atoms with E-state index in [0.29, 0.717) is 0 Å². The van der Waals surface area contributed by atoms with Crippen LogP contribution in [0, 0.1) is 6.92 Å². The summed E-state index contributed by atoms with van der Waals surface area (Å²) < 4.78 is 7.68. The highest BCUT2D eigenvalue weighted by Gasteiger charge is 2.07. The summed E-state index contributed by atoms with van der Waals surface area (Å²) >= 11 is 0. The van der Waals surface area contributed by atoms with E-state index in [2.05, 4.69) is 42.4 Å². The summed E-state index contributed by atoms with van der Waals surface area (Å²) in [7, 11) is 0. The summed E-state index contributed by atoms with van der Waals surface area (Å²) in [5, 5.41) is 8.52. The summed E-state index contributed by atoms with van der Waals surface area (Å²) in [5.74, 6) is 0.984. The van der Waals surface area contributed by atoms with Gasteiger partial charge in [0.2, 0.25) is 0 Å². The van der Waals surface area contributed by atoms with Gasteiger partial charge in [-0.25, -0.2) is 4.68 Å². The van der Waals surface area contributed by atoms with Crippen molar-refractivity contribution < 1.29 is 4.74 Å². The fourth-order valence-corrected chi connectivity index (χ4v) is 2.64. The highest BCUT2D eigenvalue weighted by Crippen LogP contribution is 2.22. The summed E-state index contributed by atoms with van der Waals surface area (Å²) in [5.41, 5.74) is 4.50. The fourth-order valence-electron chi connectivity index (χ4n) is 2.64. The lowest BCUT2D eigenvalue weighted by Gasteiger charge is -2.11. The van der Waals surface area contributed by atoms with Crippen LogP contribution in [0.1, 0.15) is 30.2 Å². The third-order valence-electron chi connectivity index (χ3n) is 3.89. The van der Waals surface area contributed by atoms with Crippen LogP contribution in [0.3, 0.4) is 0 Å². The van der Waals surface area contributed by atoms with E-state index in [1.165, 1.54) is 11.1 Å². The van der Waals surface area contributed by atoms with Crippen LogP contribution in [0.4, 0.5) is 0 Å². The van der Waals surface area contributed by atoms with E-state index in [4.69, 9.17) is 4.74 Å². The molecule has 0 atom stereocenters. The Bertz CT molecular complexity index is 781. The molecule has 0 unspecified atom stereocenters. The zero-order valence-electron chi connectivity index (χ0n) is 14.3. The first-order valence-electron chi connectivity index (χ1n) is 8.45. The number of rotatable bonds is 7. The molecule has 4 nitrogen and oxygen atoms in total. The smallest absolute Gasteiger partial charge is 0.122 e. The Morgan fingerprint density at radius 3 is 2.67 bits per heavy atom. The van der Waals surface area contributed by atoms with Crippen molar-refractivity contribution in [3.63, 3.8) is 0 Å². The Balaban J connectivity index is 1.70. The van der Waals surface area contributed by atoms with Gasteiger partial charge in [-0.15, -0.1) is 5.10 Å². The normalized spacial score (nSPS) is 10.8. The van der Waals surface area contributed by atoms with E-state index in [9.17, 15) is 0 Å². The monoisotopic (exact) mass is 321 g/mol. The highest BCUT2D eigenvalue weighted by atomic mass is 16.5. The van der Waals surface area contributed by atoms with Crippen molar-refractivity contribution in [2.45, 2.75) is 33.1 Å². The van der Waals surface area contributed by atoms with Crippen molar-refractivity contribution in [2.24, 2.45) is 0 Å². The second-order valence-corrected chi connectivity index (χ2v) is 5.95. The number of hydrogen-bond acceptors (Lipinski definition) is 3. The molecule has 4 heteroatoms. The molecule has 0 saturated heterocycles. The van der Waals surface area contributed by atoms with Crippen LogP contribution in [0.5, 0.6) is 5.75 Å². The van der Waals surface area contributed by atoms with Crippen LogP contribution in [-0.4, -0.2) is 21.6 Å².